The van der Waals surface area contributed by atoms with E-state index in [1.807, 2.05) is 6.92 Å². The van der Waals surface area contributed by atoms with Crippen molar-refractivity contribution in [3.8, 4) is 0 Å². The largest absolute Gasteiger partial charge is 0.378 e. The zero-order valence-electron chi connectivity index (χ0n) is 15.9. The van der Waals surface area contributed by atoms with Crippen LogP contribution >= 0.6 is 0 Å². The smallest absolute Gasteiger partial charge is 0.191 e. The molecule has 138 valence electrons. The topological polar surface area (TPSA) is 76.4 Å². The van der Waals surface area contributed by atoms with E-state index in [4.69, 9.17) is 4.74 Å². The Bertz CT molecular complexity index is 471. The number of hydrogen-bond acceptors (Lipinski definition) is 4. The van der Waals surface area contributed by atoms with Gasteiger partial charge in [0.25, 0.3) is 0 Å². The Labute approximate surface area is 146 Å². The Morgan fingerprint density at radius 2 is 2.08 bits per heavy atom. The van der Waals surface area contributed by atoms with Gasteiger partial charge < -0.3 is 19.9 Å². The molecule has 0 aliphatic carbocycles. The molecule has 24 heavy (non-hydrogen) atoms. The molecular weight excluding hydrogens is 304 g/mol. The van der Waals surface area contributed by atoms with Gasteiger partial charge in [0.2, 0.25) is 0 Å². The van der Waals surface area contributed by atoms with Crippen LogP contribution in [0.25, 0.3) is 0 Å². The molecule has 7 nitrogen and oxygen atoms in total. The van der Waals surface area contributed by atoms with Crippen LogP contribution in [0, 0.1) is 5.92 Å². The quantitative estimate of drug-likeness (QED) is 0.476. The lowest BCUT2D eigenvalue weighted by atomic mass is 10.0. The van der Waals surface area contributed by atoms with Crippen molar-refractivity contribution in [3.05, 3.63) is 12.2 Å². The third-order valence-electron chi connectivity index (χ3n) is 3.81. The van der Waals surface area contributed by atoms with E-state index < -0.39 is 0 Å². The number of hydrogen-bond donors (Lipinski definition) is 2. The third-order valence-corrected chi connectivity index (χ3v) is 3.81. The van der Waals surface area contributed by atoms with E-state index in [9.17, 15) is 0 Å². The minimum Gasteiger partial charge on any atom is -0.378 e. The highest BCUT2D eigenvalue weighted by molar-refractivity contribution is 5.79. The van der Waals surface area contributed by atoms with Gasteiger partial charge in [-0.05, 0) is 26.2 Å². The van der Waals surface area contributed by atoms with Crippen molar-refractivity contribution < 1.29 is 4.74 Å². The molecule has 0 aliphatic rings. The van der Waals surface area contributed by atoms with Crippen LogP contribution in [0.3, 0.4) is 0 Å². The molecule has 0 fully saturated rings. The molecule has 1 rings (SSSR count). The van der Waals surface area contributed by atoms with E-state index in [1.165, 1.54) is 0 Å². The summed E-state index contributed by atoms with van der Waals surface area (Å²) in [7, 11) is 0. The maximum Gasteiger partial charge on any atom is 0.191 e. The molecule has 0 aliphatic heterocycles. The first kappa shape index (κ1) is 20.4. The Morgan fingerprint density at radius 1 is 1.29 bits per heavy atom. The number of aromatic nitrogens is 3. The second-order valence-corrected chi connectivity index (χ2v) is 6.01. The number of nitrogens with zero attached hydrogens (tertiary/aromatic N) is 4. The fraction of sp³-hybridized carbons (Fsp3) is 0.824. The van der Waals surface area contributed by atoms with Crippen LogP contribution < -0.4 is 10.6 Å². The zero-order chi connectivity index (χ0) is 17.8. The molecule has 1 aromatic heterocycles. The Balaban J connectivity index is 2.44. The second kappa shape index (κ2) is 11.8. The monoisotopic (exact) mass is 338 g/mol. The third kappa shape index (κ3) is 7.29. The summed E-state index contributed by atoms with van der Waals surface area (Å²) in [6.45, 7) is 14.6. The van der Waals surface area contributed by atoms with E-state index in [0.29, 0.717) is 5.92 Å². The molecule has 1 unspecified atom stereocenters. The SMILES string of the molecule is CCNC(=NCCC(OCC)C(C)C)NCCn1cnnc1CC. The minimum atomic E-state index is 0.269. The summed E-state index contributed by atoms with van der Waals surface area (Å²) in [6.07, 6.45) is 3.88. The first-order chi connectivity index (χ1) is 11.6. The average Bonchev–Trinajstić information content (AvgIpc) is 3.01. The van der Waals surface area contributed by atoms with Crippen LogP contribution in [0.1, 0.15) is 46.9 Å². The standard InChI is InChI=1S/C17H34N6O/c1-6-16-22-21-13-23(16)12-11-20-17(18-7-2)19-10-9-15(14(4)5)24-8-3/h13-15H,6-12H2,1-5H3,(H2,18,19,20). The lowest BCUT2D eigenvalue weighted by Gasteiger charge is -2.20. The molecule has 2 N–H and O–H groups in total. The van der Waals surface area contributed by atoms with E-state index in [0.717, 1.165) is 57.4 Å². The van der Waals surface area contributed by atoms with Crippen LogP contribution in [0.5, 0.6) is 0 Å². The fourth-order valence-electron chi connectivity index (χ4n) is 2.50. The van der Waals surface area contributed by atoms with Crippen molar-refractivity contribution in [3.63, 3.8) is 0 Å². The van der Waals surface area contributed by atoms with Crippen molar-refractivity contribution in [1.29, 1.82) is 0 Å². The predicted octanol–water partition coefficient (Wildman–Crippen LogP) is 1.85. The molecule has 0 amide bonds. The molecule has 7 heteroatoms. The molecule has 0 radical (unpaired) electrons. The molecule has 1 heterocycles. The van der Waals surface area contributed by atoms with Gasteiger partial charge in [-0.3, -0.25) is 4.99 Å². The molecule has 0 aromatic carbocycles. The van der Waals surface area contributed by atoms with Crippen molar-refractivity contribution in [2.75, 3.05) is 26.2 Å². The Morgan fingerprint density at radius 3 is 2.71 bits per heavy atom. The molecular formula is C17H34N6O. The summed E-state index contributed by atoms with van der Waals surface area (Å²) < 4.78 is 7.84. The molecule has 0 saturated carbocycles. The van der Waals surface area contributed by atoms with Gasteiger partial charge in [0.05, 0.1) is 6.10 Å². The second-order valence-electron chi connectivity index (χ2n) is 6.01. The number of nitrogens with one attached hydrogen (secondary N) is 2. The Kier molecular flexibility index (Phi) is 10.1. The molecule has 1 aromatic rings. The number of ether oxygens (including phenoxy) is 1. The lowest BCUT2D eigenvalue weighted by Crippen LogP contribution is -2.39. The minimum absolute atomic E-state index is 0.269. The summed E-state index contributed by atoms with van der Waals surface area (Å²) in [6, 6.07) is 0. The highest BCUT2D eigenvalue weighted by atomic mass is 16.5. The van der Waals surface area contributed by atoms with Gasteiger partial charge in [-0.15, -0.1) is 10.2 Å². The number of rotatable bonds is 11. The molecule has 0 spiro atoms. The lowest BCUT2D eigenvalue weighted by molar-refractivity contribution is 0.0266. The summed E-state index contributed by atoms with van der Waals surface area (Å²) in [5, 5.41) is 14.7. The first-order valence-electron chi connectivity index (χ1n) is 9.12. The van der Waals surface area contributed by atoms with Crippen molar-refractivity contribution in [2.45, 2.75) is 60.1 Å². The van der Waals surface area contributed by atoms with Crippen molar-refractivity contribution in [1.82, 2.24) is 25.4 Å². The highest BCUT2D eigenvalue weighted by Gasteiger charge is 2.12. The predicted molar refractivity (Wildman–Crippen MR) is 98.3 cm³/mol. The molecule has 0 saturated heterocycles. The number of aliphatic imine (C=N–C) groups is 1. The van der Waals surface area contributed by atoms with Gasteiger partial charge >= 0.3 is 0 Å². The molecule has 0 bridgehead atoms. The van der Waals surface area contributed by atoms with Gasteiger partial charge in [-0.2, -0.15) is 0 Å². The number of aryl methyl sites for hydroxylation is 1. The van der Waals surface area contributed by atoms with E-state index in [1.54, 1.807) is 6.33 Å². The van der Waals surface area contributed by atoms with Crippen LogP contribution in [0.2, 0.25) is 0 Å². The van der Waals surface area contributed by atoms with E-state index >= 15 is 0 Å². The normalized spacial score (nSPS) is 13.3. The summed E-state index contributed by atoms with van der Waals surface area (Å²) in [5.74, 6) is 2.37. The maximum absolute atomic E-state index is 5.77. The van der Waals surface area contributed by atoms with Gasteiger partial charge in [0.15, 0.2) is 5.96 Å². The first-order valence-corrected chi connectivity index (χ1v) is 9.12. The van der Waals surface area contributed by atoms with Gasteiger partial charge in [0, 0.05) is 39.2 Å². The summed E-state index contributed by atoms with van der Waals surface area (Å²) in [5.41, 5.74) is 0. The van der Waals surface area contributed by atoms with Gasteiger partial charge in [-0.25, -0.2) is 0 Å². The zero-order valence-corrected chi connectivity index (χ0v) is 15.9. The van der Waals surface area contributed by atoms with E-state index in [-0.39, 0.29) is 6.10 Å². The summed E-state index contributed by atoms with van der Waals surface area (Å²) in [4.78, 5) is 4.65. The van der Waals surface area contributed by atoms with Crippen molar-refractivity contribution >= 4 is 5.96 Å². The van der Waals surface area contributed by atoms with Gasteiger partial charge in [0.1, 0.15) is 12.2 Å². The van der Waals surface area contributed by atoms with E-state index in [2.05, 4.69) is 58.1 Å². The Hall–Kier alpha value is -1.63. The van der Waals surface area contributed by atoms with Crippen molar-refractivity contribution in [2.24, 2.45) is 10.9 Å². The van der Waals surface area contributed by atoms with Crippen LogP contribution in [0.4, 0.5) is 0 Å². The highest BCUT2D eigenvalue weighted by Crippen LogP contribution is 2.10. The number of guanidine groups is 1. The molecule has 1 atom stereocenters. The van der Waals surface area contributed by atoms with Crippen LogP contribution in [-0.2, 0) is 17.7 Å². The van der Waals surface area contributed by atoms with Gasteiger partial charge in [-0.1, -0.05) is 20.8 Å². The maximum atomic E-state index is 5.77. The van der Waals surface area contributed by atoms with Crippen LogP contribution in [-0.4, -0.2) is 53.1 Å². The average molecular weight is 339 g/mol. The summed E-state index contributed by atoms with van der Waals surface area (Å²) >= 11 is 0. The fourth-order valence-corrected chi connectivity index (χ4v) is 2.50. The van der Waals surface area contributed by atoms with Crippen LogP contribution in [0.15, 0.2) is 11.3 Å².